The summed E-state index contributed by atoms with van der Waals surface area (Å²) in [4.78, 5) is 2.04. The molecule has 1 aromatic rings. The number of hydrogen-bond donors (Lipinski definition) is 1. The summed E-state index contributed by atoms with van der Waals surface area (Å²) in [5.41, 5.74) is 7.97. The van der Waals surface area contributed by atoms with Crippen LogP contribution in [0.3, 0.4) is 0 Å². The standard InChI is InChI=1S/C14H23BN2O2/c1-13(2)14(3,4)19-15(18-13)11-9-10(16)7-8-12(11)17(5)6/h7-9H,16H2,1-6H3. The van der Waals surface area contributed by atoms with Crippen molar-refractivity contribution in [3.63, 3.8) is 0 Å². The van der Waals surface area contributed by atoms with Gasteiger partial charge in [0.2, 0.25) is 0 Å². The lowest BCUT2D eigenvalue weighted by molar-refractivity contribution is 0.00578. The molecule has 0 atom stereocenters. The number of hydrogen-bond acceptors (Lipinski definition) is 4. The minimum Gasteiger partial charge on any atom is -0.399 e. The van der Waals surface area contributed by atoms with E-state index in [-0.39, 0.29) is 18.3 Å². The van der Waals surface area contributed by atoms with Crippen LogP contribution in [0.2, 0.25) is 0 Å². The van der Waals surface area contributed by atoms with Gasteiger partial charge in [-0.3, -0.25) is 0 Å². The van der Waals surface area contributed by atoms with E-state index in [2.05, 4.69) is 27.7 Å². The van der Waals surface area contributed by atoms with Crippen molar-refractivity contribution in [3.8, 4) is 0 Å². The van der Waals surface area contributed by atoms with E-state index in [0.29, 0.717) is 0 Å². The van der Waals surface area contributed by atoms with Gasteiger partial charge in [-0.15, -0.1) is 0 Å². The second kappa shape index (κ2) is 4.42. The summed E-state index contributed by atoms with van der Waals surface area (Å²) in [6, 6.07) is 5.82. The van der Waals surface area contributed by atoms with Gasteiger partial charge in [0.15, 0.2) is 0 Å². The van der Waals surface area contributed by atoms with Gasteiger partial charge < -0.3 is 19.9 Å². The zero-order valence-corrected chi connectivity index (χ0v) is 12.7. The molecule has 2 N–H and O–H groups in total. The largest absolute Gasteiger partial charge is 0.497 e. The topological polar surface area (TPSA) is 47.7 Å². The quantitative estimate of drug-likeness (QED) is 0.650. The highest BCUT2D eigenvalue weighted by atomic mass is 16.7. The van der Waals surface area contributed by atoms with Crippen molar-refractivity contribution < 1.29 is 9.31 Å². The van der Waals surface area contributed by atoms with Gasteiger partial charge in [0.25, 0.3) is 0 Å². The van der Waals surface area contributed by atoms with Crippen molar-refractivity contribution in [3.05, 3.63) is 18.2 Å². The molecule has 0 aliphatic carbocycles. The Morgan fingerprint density at radius 1 is 1.05 bits per heavy atom. The normalized spacial score (nSPS) is 20.6. The van der Waals surface area contributed by atoms with Crippen LogP contribution in [0, 0.1) is 0 Å². The fourth-order valence-electron chi connectivity index (χ4n) is 2.14. The average molecular weight is 262 g/mol. The van der Waals surface area contributed by atoms with E-state index >= 15 is 0 Å². The summed E-state index contributed by atoms with van der Waals surface area (Å²) in [6.45, 7) is 8.20. The molecule has 1 fully saturated rings. The van der Waals surface area contributed by atoms with Gasteiger partial charge in [-0.05, 0) is 45.9 Å². The Morgan fingerprint density at radius 3 is 2.05 bits per heavy atom. The molecule has 0 aromatic heterocycles. The van der Waals surface area contributed by atoms with Crippen molar-refractivity contribution in [2.24, 2.45) is 0 Å². The predicted molar refractivity (Wildman–Crippen MR) is 80.9 cm³/mol. The first-order chi connectivity index (χ1) is 8.64. The molecule has 1 aromatic carbocycles. The van der Waals surface area contributed by atoms with Crippen molar-refractivity contribution in [1.82, 2.24) is 0 Å². The van der Waals surface area contributed by atoms with Crippen LogP contribution in [0.5, 0.6) is 0 Å². The van der Waals surface area contributed by atoms with Gasteiger partial charge in [0.1, 0.15) is 0 Å². The molecule has 104 valence electrons. The smallest absolute Gasteiger partial charge is 0.399 e. The third kappa shape index (κ3) is 2.45. The van der Waals surface area contributed by atoms with E-state index in [0.717, 1.165) is 16.8 Å². The number of anilines is 2. The van der Waals surface area contributed by atoms with Gasteiger partial charge in [-0.1, -0.05) is 0 Å². The maximum absolute atomic E-state index is 6.09. The summed E-state index contributed by atoms with van der Waals surface area (Å²) in [5, 5.41) is 0. The molecule has 19 heavy (non-hydrogen) atoms. The van der Waals surface area contributed by atoms with Crippen LogP contribution >= 0.6 is 0 Å². The molecule has 1 aliphatic heterocycles. The Balaban J connectivity index is 2.41. The second-order valence-electron chi connectivity index (χ2n) is 6.30. The minimum absolute atomic E-state index is 0.341. The molecule has 0 radical (unpaired) electrons. The molecule has 4 nitrogen and oxygen atoms in total. The van der Waals surface area contributed by atoms with Crippen LogP contribution in [0.1, 0.15) is 27.7 Å². The van der Waals surface area contributed by atoms with Crippen molar-refractivity contribution in [1.29, 1.82) is 0 Å². The van der Waals surface area contributed by atoms with Gasteiger partial charge in [-0.2, -0.15) is 0 Å². The lowest BCUT2D eigenvalue weighted by atomic mass is 9.77. The molecule has 0 saturated carbocycles. The zero-order valence-electron chi connectivity index (χ0n) is 12.7. The number of rotatable bonds is 2. The molecular formula is C14H23BN2O2. The highest BCUT2D eigenvalue weighted by Crippen LogP contribution is 2.37. The van der Waals surface area contributed by atoms with Crippen LogP contribution in [0.25, 0.3) is 0 Å². The summed E-state index contributed by atoms with van der Waals surface area (Å²) in [7, 11) is 3.62. The van der Waals surface area contributed by atoms with Crippen molar-refractivity contribution >= 4 is 24.0 Å². The Morgan fingerprint density at radius 2 is 1.58 bits per heavy atom. The second-order valence-corrected chi connectivity index (χ2v) is 6.30. The molecule has 0 unspecified atom stereocenters. The molecule has 2 rings (SSSR count). The number of nitrogens with two attached hydrogens (primary N) is 1. The fraction of sp³-hybridized carbons (Fsp3) is 0.571. The van der Waals surface area contributed by atoms with Gasteiger partial charge in [-0.25, -0.2) is 0 Å². The summed E-state index contributed by atoms with van der Waals surface area (Å²) in [6.07, 6.45) is 0. The Hall–Kier alpha value is -1.20. The molecule has 0 amide bonds. The van der Waals surface area contributed by atoms with Crippen molar-refractivity contribution in [2.45, 2.75) is 38.9 Å². The van der Waals surface area contributed by atoms with E-state index < -0.39 is 0 Å². The lowest BCUT2D eigenvalue weighted by Gasteiger charge is -2.32. The average Bonchev–Trinajstić information content (AvgIpc) is 2.47. The van der Waals surface area contributed by atoms with E-state index in [1.807, 2.05) is 37.2 Å². The Bertz CT molecular complexity index is 470. The molecule has 0 bridgehead atoms. The van der Waals surface area contributed by atoms with Crippen LogP contribution in [0.15, 0.2) is 18.2 Å². The van der Waals surface area contributed by atoms with Crippen LogP contribution < -0.4 is 16.1 Å². The molecule has 5 heteroatoms. The maximum atomic E-state index is 6.09. The first-order valence-electron chi connectivity index (χ1n) is 6.56. The van der Waals surface area contributed by atoms with E-state index in [4.69, 9.17) is 15.0 Å². The lowest BCUT2D eigenvalue weighted by Crippen LogP contribution is -2.41. The van der Waals surface area contributed by atoms with Crippen LogP contribution in [-0.4, -0.2) is 32.4 Å². The fourth-order valence-corrected chi connectivity index (χ4v) is 2.14. The maximum Gasteiger partial charge on any atom is 0.497 e. The molecule has 1 saturated heterocycles. The SMILES string of the molecule is CN(C)c1ccc(N)cc1B1OC(C)(C)C(C)(C)O1. The summed E-state index contributed by atoms with van der Waals surface area (Å²) < 4.78 is 12.2. The molecular weight excluding hydrogens is 239 g/mol. The Labute approximate surface area is 116 Å². The predicted octanol–water partition coefficient (Wildman–Crippen LogP) is 1.63. The van der Waals surface area contributed by atoms with Crippen LogP contribution in [-0.2, 0) is 9.31 Å². The van der Waals surface area contributed by atoms with Gasteiger partial charge >= 0.3 is 7.12 Å². The first kappa shape index (κ1) is 14.2. The summed E-state index contributed by atoms with van der Waals surface area (Å²) in [5.74, 6) is 0. The monoisotopic (exact) mass is 262 g/mol. The molecule has 0 spiro atoms. The van der Waals surface area contributed by atoms with Gasteiger partial charge in [0, 0.05) is 30.9 Å². The van der Waals surface area contributed by atoms with Crippen molar-refractivity contribution in [2.75, 3.05) is 24.7 Å². The molecule has 1 aliphatic rings. The summed E-state index contributed by atoms with van der Waals surface area (Å²) >= 11 is 0. The highest BCUT2D eigenvalue weighted by molar-refractivity contribution is 6.64. The number of nitrogens with zero attached hydrogens (tertiary/aromatic N) is 1. The van der Waals surface area contributed by atoms with E-state index in [1.54, 1.807) is 0 Å². The molecule has 1 heterocycles. The van der Waals surface area contributed by atoms with Crippen LogP contribution in [0.4, 0.5) is 11.4 Å². The third-order valence-corrected chi connectivity index (χ3v) is 4.04. The third-order valence-electron chi connectivity index (χ3n) is 4.04. The highest BCUT2D eigenvalue weighted by Gasteiger charge is 2.52. The Kier molecular flexibility index (Phi) is 3.31. The zero-order chi connectivity index (χ0) is 14.4. The van der Waals surface area contributed by atoms with E-state index in [9.17, 15) is 0 Å². The number of benzene rings is 1. The van der Waals surface area contributed by atoms with E-state index in [1.165, 1.54) is 0 Å². The number of nitrogen functional groups attached to an aromatic ring is 1. The van der Waals surface area contributed by atoms with Gasteiger partial charge in [0.05, 0.1) is 11.2 Å². The minimum atomic E-state index is -0.383. The first-order valence-corrected chi connectivity index (χ1v) is 6.56.